The Bertz CT molecular complexity index is 1220. The van der Waals surface area contributed by atoms with Gasteiger partial charge >= 0.3 is 5.63 Å². The quantitative estimate of drug-likeness (QED) is 0.389. The van der Waals surface area contributed by atoms with Crippen molar-refractivity contribution in [3.63, 3.8) is 0 Å². The Morgan fingerprint density at radius 1 is 1.04 bits per heavy atom. The first-order valence-corrected chi connectivity index (χ1v) is 8.73. The lowest BCUT2D eigenvalue weighted by atomic mass is 9.99. The molecule has 0 saturated heterocycles. The van der Waals surface area contributed by atoms with Crippen molar-refractivity contribution in [3.05, 3.63) is 81.4 Å². The van der Waals surface area contributed by atoms with Gasteiger partial charge in [-0.1, -0.05) is 30.3 Å². The molecule has 1 saturated carbocycles. The van der Waals surface area contributed by atoms with Gasteiger partial charge in [-0.3, -0.25) is 4.79 Å². The largest absolute Gasteiger partial charge is 0.452 e. The first-order valence-electron chi connectivity index (χ1n) is 8.73. The lowest BCUT2D eigenvalue weighted by Crippen LogP contribution is -2.02. The molecule has 0 unspecified atom stereocenters. The van der Waals surface area contributed by atoms with Crippen molar-refractivity contribution < 1.29 is 13.6 Å². The highest BCUT2D eigenvalue weighted by Crippen LogP contribution is 2.48. The van der Waals surface area contributed by atoms with E-state index < -0.39 is 0 Å². The topological polar surface area (TPSA) is 60.4 Å². The summed E-state index contributed by atoms with van der Waals surface area (Å²) in [5.74, 6) is 0.507. The Balaban J connectivity index is 1.86. The fraction of sp³-hybridized carbons (Fsp3) is 0.182. The maximum Gasteiger partial charge on any atom is 0.336 e. The number of fused-ring (bicyclic) bond motifs is 3. The Morgan fingerprint density at radius 3 is 2.54 bits per heavy atom. The van der Waals surface area contributed by atoms with Crippen molar-refractivity contribution in [1.29, 1.82) is 0 Å². The average molecular weight is 344 g/mol. The summed E-state index contributed by atoms with van der Waals surface area (Å²) < 4.78 is 11.5. The van der Waals surface area contributed by atoms with E-state index in [0.29, 0.717) is 22.5 Å². The fourth-order valence-electron chi connectivity index (χ4n) is 3.64. The number of carbonyl (C=O) groups is 1. The SMILES string of the molecule is Cc1cc(=O)oc2c1ccc1oc(C(=O)c3ccccc3)c(C3CC3)c12. The highest BCUT2D eigenvalue weighted by molar-refractivity contribution is 6.14. The number of aryl methyl sites for hydroxylation is 1. The minimum Gasteiger partial charge on any atom is -0.452 e. The second-order valence-electron chi connectivity index (χ2n) is 6.88. The first-order chi connectivity index (χ1) is 12.6. The van der Waals surface area contributed by atoms with Crippen LogP contribution in [-0.2, 0) is 0 Å². The Kier molecular flexibility index (Phi) is 3.16. The minimum atomic E-state index is -0.388. The van der Waals surface area contributed by atoms with Gasteiger partial charge in [0.25, 0.3) is 0 Å². The molecule has 2 aromatic carbocycles. The standard InChI is InChI=1S/C22H16O4/c1-12-11-17(23)26-21-15(12)9-10-16-19(21)18(13-7-8-13)22(25-16)20(24)14-5-3-2-4-6-14/h2-6,9-11,13H,7-8H2,1H3. The lowest BCUT2D eigenvalue weighted by Gasteiger charge is -2.03. The van der Waals surface area contributed by atoms with Gasteiger partial charge in [-0.2, -0.15) is 0 Å². The van der Waals surface area contributed by atoms with E-state index in [-0.39, 0.29) is 17.3 Å². The molecule has 1 aliphatic rings. The third-order valence-electron chi connectivity index (χ3n) is 5.04. The Hall–Kier alpha value is -3.14. The maximum atomic E-state index is 13.1. The predicted molar refractivity (Wildman–Crippen MR) is 98.8 cm³/mol. The molecule has 5 rings (SSSR count). The number of carbonyl (C=O) groups excluding carboxylic acids is 1. The van der Waals surface area contributed by atoms with Crippen LogP contribution < -0.4 is 5.63 Å². The van der Waals surface area contributed by atoms with Gasteiger partial charge in [0.1, 0.15) is 11.2 Å². The van der Waals surface area contributed by atoms with Crippen molar-refractivity contribution >= 4 is 27.7 Å². The summed E-state index contributed by atoms with van der Waals surface area (Å²) in [5.41, 5.74) is 3.06. The van der Waals surface area contributed by atoms with Crippen molar-refractivity contribution in [2.24, 2.45) is 0 Å². The molecule has 4 aromatic rings. The molecule has 0 spiro atoms. The highest BCUT2D eigenvalue weighted by atomic mass is 16.4. The Labute approximate surface area is 149 Å². The number of furan rings is 1. The monoisotopic (exact) mass is 344 g/mol. The fourth-order valence-corrected chi connectivity index (χ4v) is 3.64. The van der Waals surface area contributed by atoms with Gasteiger partial charge in [-0.05, 0) is 43.4 Å². The van der Waals surface area contributed by atoms with Crippen molar-refractivity contribution in [2.45, 2.75) is 25.7 Å². The first kappa shape index (κ1) is 15.1. The zero-order valence-corrected chi connectivity index (χ0v) is 14.2. The molecule has 4 nitrogen and oxygen atoms in total. The third kappa shape index (κ3) is 2.22. The van der Waals surface area contributed by atoms with E-state index >= 15 is 0 Å². The smallest absolute Gasteiger partial charge is 0.336 e. The van der Waals surface area contributed by atoms with Crippen LogP contribution in [0.3, 0.4) is 0 Å². The molecule has 2 aromatic heterocycles. The van der Waals surface area contributed by atoms with E-state index in [2.05, 4.69) is 0 Å². The van der Waals surface area contributed by atoms with Gasteiger partial charge in [0.2, 0.25) is 5.78 Å². The predicted octanol–water partition coefficient (Wildman–Crippen LogP) is 4.96. The molecule has 0 amide bonds. The minimum absolute atomic E-state index is 0.133. The van der Waals surface area contributed by atoms with Crippen LogP contribution >= 0.6 is 0 Å². The van der Waals surface area contributed by atoms with Crippen LogP contribution in [-0.4, -0.2) is 5.78 Å². The van der Waals surface area contributed by atoms with E-state index in [1.807, 2.05) is 37.3 Å². The van der Waals surface area contributed by atoms with Crippen molar-refractivity contribution in [2.75, 3.05) is 0 Å². The summed E-state index contributed by atoms with van der Waals surface area (Å²) in [6.07, 6.45) is 2.02. The summed E-state index contributed by atoms with van der Waals surface area (Å²) in [5, 5.41) is 1.64. The summed E-state index contributed by atoms with van der Waals surface area (Å²) in [4.78, 5) is 25.0. The second-order valence-corrected chi connectivity index (χ2v) is 6.88. The summed E-state index contributed by atoms with van der Waals surface area (Å²) in [6, 6.07) is 14.4. The molecule has 0 aliphatic heterocycles. The van der Waals surface area contributed by atoms with E-state index in [1.165, 1.54) is 6.07 Å². The highest BCUT2D eigenvalue weighted by Gasteiger charge is 2.35. The molecule has 26 heavy (non-hydrogen) atoms. The molecule has 1 fully saturated rings. The molecular formula is C22H16O4. The number of hydrogen-bond acceptors (Lipinski definition) is 4. The molecule has 1 aliphatic carbocycles. The Morgan fingerprint density at radius 2 is 1.81 bits per heavy atom. The van der Waals surface area contributed by atoms with Gasteiger partial charge in [-0.25, -0.2) is 4.79 Å². The molecule has 0 N–H and O–H groups in total. The van der Waals surface area contributed by atoms with Crippen LogP contribution in [0.5, 0.6) is 0 Å². The van der Waals surface area contributed by atoms with Crippen LogP contribution in [0.4, 0.5) is 0 Å². The van der Waals surface area contributed by atoms with Gasteiger partial charge < -0.3 is 8.83 Å². The third-order valence-corrected chi connectivity index (χ3v) is 5.04. The molecule has 2 heterocycles. The molecule has 0 bridgehead atoms. The van der Waals surface area contributed by atoms with Gasteiger partial charge in [0.15, 0.2) is 5.76 Å². The van der Waals surface area contributed by atoms with Crippen LogP contribution in [0.2, 0.25) is 0 Å². The average Bonchev–Trinajstić information content (AvgIpc) is 3.41. The van der Waals surface area contributed by atoms with E-state index in [1.54, 1.807) is 12.1 Å². The summed E-state index contributed by atoms with van der Waals surface area (Å²) >= 11 is 0. The van der Waals surface area contributed by atoms with Crippen molar-refractivity contribution in [1.82, 2.24) is 0 Å². The molecule has 0 radical (unpaired) electrons. The zero-order valence-electron chi connectivity index (χ0n) is 14.2. The number of hydrogen-bond donors (Lipinski definition) is 0. The van der Waals surface area contributed by atoms with Gasteiger partial charge in [0, 0.05) is 22.6 Å². The van der Waals surface area contributed by atoms with Crippen molar-refractivity contribution in [3.8, 4) is 0 Å². The molecule has 128 valence electrons. The lowest BCUT2D eigenvalue weighted by molar-refractivity contribution is 0.101. The van der Waals surface area contributed by atoms with E-state index in [9.17, 15) is 9.59 Å². The van der Waals surface area contributed by atoms with E-state index in [4.69, 9.17) is 8.83 Å². The molecule has 0 atom stereocenters. The van der Waals surface area contributed by atoms with Crippen LogP contribution in [0.15, 0.2) is 62.2 Å². The summed E-state index contributed by atoms with van der Waals surface area (Å²) in [7, 11) is 0. The normalized spacial score (nSPS) is 14.2. The molecular weight excluding hydrogens is 328 g/mol. The maximum absolute atomic E-state index is 13.1. The number of benzene rings is 2. The van der Waals surface area contributed by atoms with Gasteiger partial charge in [-0.15, -0.1) is 0 Å². The van der Waals surface area contributed by atoms with Gasteiger partial charge in [0.05, 0.1) is 5.39 Å². The van der Waals surface area contributed by atoms with Crippen LogP contribution in [0, 0.1) is 6.92 Å². The van der Waals surface area contributed by atoms with Crippen LogP contribution in [0.25, 0.3) is 21.9 Å². The molecule has 4 heteroatoms. The number of ketones is 1. The second kappa shape index (κ2) is 5.43. The van der Waals surface area contributed by atoms with Crippen LogP contribution in [0.1, 0.15) is 46.0 Å². The van der Waals surface area contributed by atoms with E-state index in [0.717, 1.165) is 34.7 Å². The number of rotatable bonds is 3. The zero-order chi connectivity index (χ0) is 17.8. The summed E-state index contributed by atoms with van der Waals surface area (Å²) in [6.45, 7) is 1.89.